The van der Waals surface area contributed by atoms with Crippen molar-refractivity contribution in [2.24, 2.45) is 5.73 Å². The lowest BCUT2D eigenvalue weighted by Crippen LogP contribution is -2.22. The number of sulfonamides is 1. The summed E-state index contributed by atoms with van der Waals surface area (Å²) in [6, 6.07) is 4.38. The quantitative estimate of drug-likeness (QED) is 0.493. The molecular weight excluding hydrogens is 437 g/mol. The van der Waals surface area contributed by atoms with Crippen LogP contribution in [0, 0.1) is 17.5 Å². The van der Waals surface area contributed by atoms with Crippen LogP contribution in [0.15, 0.2) is 46.8 Å². The van der Waals surface area contributed by atoms with Gasteiger partial charge in [-0.25, -0.2) is 26.6 Å². The number of hydrogen-bond donors (Lipinski definition) is 3. The van der Waals surface area contributed by atoms with Gasteiger partial charge in [-0.15, -0.1) is 11.3 Å². The average Bonchev–Trinajstić information content (AvgIpc) is 3.11. The molecular formula is C16H12ClF3N4O2S2. The number of nitrogens with zero attached hydrogens (tertiary/aromatic N) is 1. The molecule has 0 aliphatic carbocycles. The van der Waals surface area contributed by atoms with E-state index in [2.05, 4.69) is 15.0 Å². The summed E-state index contributed by atoms with van der Waals surface area (Å²) in [6.45, 7) is 0. The fourth-order valence-corrected chi connectivity index (χ4v) is 4.45. The Morgan fingerprint density at radius 3 is 2.57 bits per heavy atom. The SMILES string of the molecule is N[C@H](Nc1cc(F)c(S(=O)(=O)Nc2nccs2)cc1Cl)c1cc(F)ccc1F. The number of thiazole rings is 1. The molecule has 148 valence electrons. The number of benzene rings is 2. The number of anilines is 2. The summed E-state index contributed by atoms with van der Waals surface area (Å²) >= 11 is 7.05. The van der Waals surface area contributed by atoms with Crippen molar-refractivity contribution in [2.45, 2.75) is 11.1 Å². The van der Waals surface area contributed by atoms with E-state index in [1.807, 2.05) is 0 Å². The van der Waals surface area contributed by atoms with Crippen LogP contribution >= 0.6 is 22.9 Å². The van der Waals surface area contributed by atoms with Gasteiger partial charge < -0.3 is 11.1 Å². The number of halogens is 4. The normalized spacial score (nSPS) is 12.6. The maximum Gasteiger partial charge on any atom is 0.266 e. The second-order valence-corrected chi connectivity index (χ2v) is 8.45. The molecule has 6 nitrogen and oxygen atoms in total. The lowest BCUT2D eigenvalue weighted by atomic mass is 10.1. The summed E-state index contributed by atoms with van der Waals surface area (Å²) in [5, 5.41) is 3.95. The highest BCUT2D eigenvalue weighted by Gasteiger charge is 2.23. The van der Waals surface area contributed by atoms with Gasteiger partial charge in [0.25, 0.3) is 10.0 Å². The average molecular weight is 449 g/mol. The maximum atomic E-state index is 14.4. The summed E-state index contributed by atoms with van der Waals surface area (Å²) in [7, 11) is -4.28. The Bertz CT molecular complexity index is 1110. The van der Waals surface area contributed by atoms with Crippen LogP contribution in [0.3, 0.4) is 0 Å². The van der Waals surface area contributed by atoms with Crippen LogP contribution in [0.1, 0.15) is 11.7 Å². The van der Waals surface area contributed by atoms with Gasteiger partial charge in [0.2, 0.25) is 0 Å². The van der Waals surface area contributed by atoms with E-state index in [1.54, 1.807) is 5.38 Å². The molecule has 0 saturated heterocycles. The third kappa shape index (κ3) is 4.38. The van der Waals surface area contributed by atoms with Crippen molar-refractivity contribution >= 4 is 43.8 Å². The third-order valence-corrected chi connectivity index (χ3v) is 6.05. The van der Waals surface area contributed by atoms with Crippen molar-refractivity contribution in [1.82, 2.24) is 4.98 Å². The van der Waals surface area contributed by atoms with Crippen LogP contribution in [-0.2, 0) is 10.0 Å². The minimum absolute atomic E-state index is 0.0568. The van der Waals surface area contributed by atoms with Crippen molar-refractivity contribution < 1.29 is 21.6 Å². The second kappa shape index (κ2) is 7.95. The summed E-state index contributed by atoms with van der Waals surface area (Å²) in [4.78, 5) is 3.06. The third-order valence-electron chi connectivity index (χ3n) is 3.57. The van der Waals surface area contributed by atoms with Crippen molar-refractivity contribution in [3.05, 3.63) is 69.9 Å². The fraction of sp³-hybridized carbons (Fsp3) is 0.0625. The topological polar surface area (TPSA) is 97.1 Å². The number of aromatic nitrogens is 1. The molecule has 1 heterocycles. The van der Waals surface area contributed by atoms with Gasteiger partial charge in [-0.3, -0.25) is 4.72 Å². The molecule has 1 atom stereocenters. The van der Waals surface area contributed by atoms with Crippen molar-refractivity contribution in [3.63, 3.8) is 0 Å². The molecule has 0 unspecified atom stereocenters. The molecule has 4 N–H and O–H groups in total. The van der Waals surface area contributed by atoms with E-state index in [0.717, 1.165) is 41.7 Å². The van der Waals surface area contributed by atoms with Crippen LogP contribution < -0.4 is 15.8 Å². The first kappa shape index (κ1) is 20.4. The zero-order chi connectivity index (χ0) is 20.5. The number of rotatable bonds is 6. The molecule has 0 spiro atoms. The zero-order valence-corrected chi connectivity index (χ0v) is 16.2. The van der Waals surface area contributed by atoms with Gasteiger partial charge >= 0.3 is 0 Å². The van der Waals surface area contributed by atoms with E-state index in [-0.39, 0.29) is 21.4 Å². The summed E-state index contributed by atoms with van der Waals surface area (Å²) in [5.74, 6) is -2.60. The van der Waals surface area contributed by atoms with E-state index in [4.69, 9.17) is 17.3 Å². The summed E-state index contributed by atoms with van der Waals surface area (Å²) in [6.07, 6.45) is 0.120. The number of nitrogens with two attached hydrogens (primary N) is 1. The first-order valence-electron chi connectivity index (χ1n) is 7.56. The summed E-state index contributed by atoms with van der Waals surface area (Å²) < 4.78 is 68.4. The number of hydrogen-bond acceptors (Lipinski definition) is 6. The molecule has 3 rings (SSSR count). The Balaban J connectivity index is 1.88. The van der Waals surface area contributed by atoms with Gasteiger partial charge in [0.1, 0.15) is 28.5 Å². The Morgan fingerprint density at radius 2 is 1.89 bits per heavy atom. The molecule has 0 amide bonds. The minimum Gasteiger partial charge on any atom is -0.365 e. The highest BCUT2D eigenvalue weighted by Crippen LogP contribution is 2.31. The molecule has 0 aliphatic heterocycles. The van der Waals surface area contributed by atoms with Crippen LogP contribution in [0.4, 0.5) is 24.0 Å². The largest absolute Gasteiger partial charge is 0.365 e. The molecule has 0 radical (unpaired) electrons. The first-order chi connectivity index (χ1) is 13.2. The predicted molar refractivity (Wildman–Crippen MR) is 101 cm³/mol. The summed E-state index contributed by atoms with van der Waals surface area (Å²) in [5.41, 5.74) is 5.49. The first-order valence-corrected chi connectivity index (χ1v) is 10.3. The number of nitrogens with one attached hydrogen (secondary N) is 2. The molecule has 0 fully saturated rings. The van der Waals surface area contributed by atoms with Gasteiger partial charge in [-0.05, 0) is 30.3 Å². The molecule has 3 aromatic rings. The molecule has 1 aromatic heterocycles. The zero-order valence-electron chi connectivity index (χ0n) is 13.8. The monoisotopic (exact) mass is 448 g/mol. The molecule has 0 bridgehead atoms. The smallest absolute Gasteiger partial charge is 0.266 e. The van der Waals surface area contributed by atoms with Crippen molar-refractivity contribution in [1.29, 1.82) is 0 Å². The predicted octanol–water partition coefficient (Wildman–Crippen LogP) is 4.08. The van der Waals surface area contributed by atoms with E-state index in [1.165, 1.54) is 6.20 Å². The van der Waals surface area contributed by atoms with E-state index >= 15 is 0 Å². The van der Waals surface area contributed by atoms with Gasteiger partial charge in [0.05, 0.1) is 10.7 Å². The second-order valence-electron chi connectivity index (χ2n) is 5.49. The molecule has 0 aliphatic rings. The van der Waals surface area contributed by atoms with Gasteiger partial charge in [-0.1, -0.05) is 11.6 Å². The van der Waals surface area contributed by atoms with Crippen LogP contribution in [0.5, 0.6) is 0 Å². The highest BCUT2D eigenvalue weighted by atomic mass is 35.5. The van der Waals surface area contributed by atoms with Crippen LogP contribution in [0.25, 0.3) is 0 Å². The lowest BCUT2D eigenvalue weighted by Gasteiger charge is -2.18. The molecule has 12 heteroatoms. The van der Waals surface area contributed by atoms with Gasteiger partial charge in [-0.2, -0.15) is 0 Å². The standard InChI is InChI=1S/C16H12ClF3N4O2S2/c17-10-6-14(28(25,26)24-16-22-3-4-27-16)12(20)7-13(10)23-15(21)9-5-8(18)1-2-11(9)19/h1-7,15,23H,21H2,(H,22,24)/t15-/m1/s1. The van der Waals surface area contributed by atoms with E-state index in [9.17, 15) is 21.6 Å². The lowest BCUT2D eigenvalue weighted by molar-refractivity contribution is 0.568. The highest BCUT2D eigenvalue weighted by molar-refractivity contribution is 7.93. The Labute approximate surface area is 167 Å². The fourth-order valence-electron chi connectivity index (χ4n) is 2.29. The van der Waals surface area contributed by atoms with Crippen molar-refractivity contribution in [3.8, 4) is 0 Å². The maximum absolute atomic E-state index is 14.4. The molecule has 28 heavy (non-hydrogen) atoms. The molecule has 2 aromatic carbocycles. The Kier molecular flexibility index (Phi) is 5.79. The minimum atomic E-state index is -4.28. The van der Waals surface area contributed by atoms with Gasteiger partial charge in [0, 0.05) is 17.1 Å². The van der Waals surface area contributed by atoms with Crippen molar-refractivity contribution in [2.75, 3.05) is 10.0 Å². The van der Waals surface area contributed by atoms with Crippen LogP contribution in [0.2, 0.25) is 5.02 Å². The van der Waals surface area contributed by atoms with Crippen LogP contribution in [-0.4, -0.2) is 13.4 Å². The Morgan fingerprint density at radius 1 is 1.14 bits per heavy atom. The molecule has 0 saturated carbocycles. The Hall–Kier alpha value is -2.34. The van der Waals surface area contributed by atoms with E-state index < -0.39 is 38.5 Å². The van der Waals surface area contributed by atoms with E-state index in [0.29, 0.717) is 0 Å². The van der Waals surface area contributed by atoms with Gasteiger partial charge in [0.15, 0.2) is 5.13 Å².